The molecule has 0 saturated carbocycles. The van der Waals surface area contributed by atoms with E-state index in [1.165, 1.54) is 0 Å². The second kappa shape index (κ2) is 5.16. The molecule has 0 aliphatic carbocycles. The topological polar surface area (TPSA) is 90.5 Å². The molecule has 7 heteroatoms. The van der Waals surface area contributed by atoms with Gasteiger partial charge >= 0.3 is 6.03 Å². The zero-order valence-electron chi connectivity index (χ0n) is 11.3. The van der Waals surface area contributed by atoms with Crippen LogP contribution in [0.25, 0.3) is 0 Å². The van der Waals surface area contributed by atoms with Crippen molar-refractivity contribution < 1.29 is 14.4 Å². The van der Waals surface area contributed by atoms with Crippen molar-refractivity contribution in [1.82, 2.24) is 20.9 Å². The molecule has 0 spiro atoms. The Morgan fingerprint density at radius 1 is 1.47 bits per heavy atom. The van der Waals surface area contributed by atoms with Gasteiger partial charge in [-0.1, -0.05) is 0 Å². The summed E-state index contributed by atoms with van der Waals surface area (Å²) in [6.07, 6.45) is 1.94. The lowest BCUT2D eigenvalue weighted by molar-refractivity contribution is -0.134. The number of carbonyl (C=O) groups is 3. The number of rotatable bonds is 3. The maximum absolute atomic E-state index is 11.9. The summed E-state index contributed by atoms with van der Waals surface area (Å²) >= 11 is 0. The molecule has 4 amide bonds. The monoisotopic (exact) mass is 268 g/mol. The number of urea groups is 1. The summed E-state index contributed by atoms with van der Waals surface area (Å²) in [7, 11) is 0. The molecule has 2 heterocycles. The van der Waals surface area contributed by atoms with E-state index >= 15 is 0 Å². The van der Waals surface area contributed by atoms with Gasteiger partial charge in [0.25, 0.3) is 5.91 Å². The Bertz CT molecular complexity index is 402. The molecule has 3 N–H and O–H groups in total. The number of hydrogen-bond donors (Lipinski definition) is 3. The highest BCUT2D eigenvalue weighted by Gasteiger charge is 2.44. The lowest BCUT2D eigenvalue weighted by Crippen LogP contribution is -2.49. The number of amides is 4. The molecule has 2 saturated heterocycles. The Balaban J connectivity index is 1.88. The third-order valence-corrected chi connectivity index (χ3v) is 3.41. The van der Waals surface area contributed by atoms with Gasteiger partial charge in [-0.2, -0.15) is 0 Å². The molecule has 0 bridgehead atoms. The maximum Gasteiger partial charge on any atom is 0.325 e. The summed E-state index contributed by atoms with van der Waals surface area (Å²) in [5.41, 5.74) is -0.927. The van der Waals surface area contributed by atoms with Crippen LogP contribution in [0, 0.1) is 0 Å². The number of imide groups is 1. The average molecular weight is 268 g/mol. The van der Waals surface area contributed by atoms with Crippen molar-refractivity contribution in [2.45, 2.75) is 38.3 Å². The van der Waals surface area contributed by atoms with Crippen molar-refractivity contribution in [3.05, 3.63) is 0 Å². The average Bonchev–Trinajstić information content (AvgIpc) is 2.53. The van der Waals surface area contributed by atoms with Gasteiger partial charge in [0.1, 0.15) is 12.1 Å². The predicted molar refractivity (Wildman–Crippen MR) is 68.4 cm³/mol. The van der Waals surface area contributed by atoms with Crippen LogP contribution in [0.4, 0.5) is 4.79 Å². The smallest absolute Gasteiger partial charge is 0.325 e. The van der Waals surface area contributed by atoms with E-state index in [2.05, 4.69) is 16.0 Å². The van der Waals surface area contributed by atoms with Gasteiger partial charge in [0.15, 0.2) is 0 Å². The Morgan fingerprint density at radius 2 is 2.21 bits per heavy atom. The summed E-state index contributed by atoms with van der Waals surface area (Å²) in [5, 5.41) is 8.58. The van der Waals surface area contributed by atoms with Crippen molar-refractivity contribution in [1.29, 1.82) is 0 Å². The van der Waals surface area contributed by atoms with Gasteiger partial charge in [-0.05, 0) is 33.2 Å². The Kier molecular flexibility index (Phi) is 3.75. The summed E-state index contributed by atoms with van der Waals surface area (Å²) in [6.45, 7) is 4.72. The maximum atomic E-state index is 11.9. The predicted octanol–water partition coefficient (Wildman–Crippen LogP) is -0.815. The first kappa shape index (κ1) is 13.8. The Morgan fingerprint density at radius 3 is 2.74 bits per heavy atom. The number of hydrogen-bond acceptors (Lipinski definition) is 4. The number of nitrogens with one attached hydrogen (secondary N) is 3. The second-order valence-electron chi connectivity index (χ2n) is 5.56. The van der Waals surface area contributed by atoms with Crippen molar-refractivity contribution >= 4 is 17.8 Å². The standard InChI is InChI=1S/C12H20N4O3/c1-12(2)10(18)16(11(19)15-12)7-9(17)14-8-4-3-5-13-6-8/h8,13H,3-7H2,1-2H3,(H,14,17)(H,15,19)/t8-/m0/s1. The molecule has 0 aromatic carbocycles. The highest BCUT2D eigenvalue weighted by molar-refractivity contribution is 6.08. The van der Waals surface area contributed by atoms with Gasteiger partial charge in [-0.25, -0.2) is 4.79 Å². The molecule has 19 heavy (non-hydrogen) atoms. The summed E-state index contributed by atoms with van der Waals surface area (Å²) in [5.74, 6) is -0.663. The van der Waals surface area contributed by atoms with Crippen LogP contribution in [-0.2, 0) is 9.59 Å². The van der Waals surface area contributed by atoms with Crippen LogP contribution < -0.4 is 16.0 Å². The lowest BCUT2D eigenvalue weighted by atomic mass is 10.1. The SMILES string of the molecule is CC1(C)NC(=O)N(CC(=O)N[C@H]2CCCNC2)C1=O. The van der Waals surface area contributed by atoms with Crippen molar-refractivity contribution in [3.8, 4) is 0 Å². The van der Waals surface area contributed by atoms with E-state index in [1.807, 2.05) is 0 Å². The summed E-state index contributed by atoms with van der Waals surface area (Å²) in [4.78, 5) is 36.4. The first-order valence-electron chi connectivity index (χ1n) is 6.54. The van der Waals surface area contributed by atoms with Crippen LogP contribution in [0.2, 0.25) is 0 Å². The fourth-order valence-electron chi connectivity index (χ4n) is 2.35. The van der Waals surface area contributed by atoms with Crippen LogP contribution in [-0.4, -0.2) is 54.0 Å². The minimum absolute atomic E-state index is 0.0787. The van der Waals surface area contributed by atoms with Crippen LogP contribution in [0.15, 0.2) is 0 Å². The molecule has 2 aliphatic heterocycles. The van der Waals surface area contributed by atoms with Crippen LogP contribution in [0.5, 0.6) is 0 Å². The molecule has 106 valence electrons. The van der Waals surface area contributed by atoms with E-state index in [0.29, 0.717) is 0 Å². The van der Waals surface area contributed by atoms with E-state index in [0.717, 1.165) is 30.8 Å². The minimum Gasteiger partial charge on any atom is -0.351 e. The molecule has 0 unspecified atom stereocenters. The van der Waals surface area contributed by atoms with Gasteiger partial charge in [-0.15, -0.1) is 0 Å². The number of carbonyl (C=O) groups excluding carboxylic acids is 3. The molecule has 7 nitrogen and oxygen atoms in total. The minimum atomic E-state index is -0.927. The van der Waals surface area contributed by atoms with Gasteiger partial charge < -0.3 is 16.0 Å². The lowest BCUT2D eigenvalue weighted by Gasteiger charge is -2.24. The van der Waals surface area contributed by atoms with Crippen molar-refractivity contribution in [3.63, 3.8) is 0 Å². The highest BCUT2D eigenvalue weighted by Crippen LogP contribution is 2.16. The molecule has 2 fully saturated rings. The van der Waals surface area contributed by atoms with Gasteiger partial charge in [0.2, 0.25) is 5.91 Å². The zero-order chi connectivity index (χ0) is 14.0. The molecule has 0 aromatic rings. The Hall–Kier alpha value is -1.63. The number of nitrogens with zero attached hydrogens (tertiary/aromatic N) is 1. The van der Waals surface area contributed by atoms with Crippen molar-refractivity contribution in [2.24, 2.45) is 0 Å². The van der Waals surface area contributed by atoms with Gasteiger partial charge in [0.05, 0.1) is 0 Å². The van der Waals surface area contributed by atoms with Crippen molar-refractivity contribution in [2.75, 3.05) is 19.6 Å². The molecular weight excluding hydrogens is 248 g/mol. The fraction of sp³-hybridized carbons (Fsp3) is 0.750. The van der Waals surface area contributed by atoms with E-state index in [-0.39, 0.29) is 24.4 Å². The third kappa shape index (κ3) is 3.04. The van der Waals surface area contributed by atoms with E-state index < -0.39 is 11.6 Å². The quantitative estimate of drug-likeness (QED) is 0.584. The fourth-order valence-corrected chi connectivity index (χ4v) is 2.35. The zero-order valence-corrected chi connectivity index (χ0v) is 11.3. The first-order valence-corrected chi connectivity index (χ1v) is 6.54. The van der Waals surface area contributed by atoms with Gasteiger partial charge in [0, 0.05) is 12.6 Å². The third-order valence-electron chi connectivity index (χ3n) is 3.41. The molecule has 2 aliphatic rings. The van der Waals surface area contributed by atoms with Crippen LogP contribution in [0.1, 0.15) is 26.7 Å². The van der Waals surface area contributed by atoms with Gasteiger partial charge in [-0.3, -0.25) is 14.5 Å². The highest BCUT2D eigenvalue weighted by atomic mass is 16.2. The second-order valence-corrected chi connectivity index (χ2v) is 5.56. The number of piperidine rings is 1. The molecule has 2 rings (SSSR count). The van der Waals surface area contributed by atoms with E-state index in [9.17, 15) is 14.4 Å². The molecule has 0 aromatic heterocycles. The largest absolute Gasteiger partial charge is 0.351 e. The molecule has 1 atom stereocenters. The van der Waals surface area contributed by atoms with Crippen LogP contribution in [0.3, 0.4) is 0 Å². The van der Waals surface area contributed by atoms with E-state index in [1.54, 1.807) is 13.8 Å². The summed E-state index contributed by atoms with van der Waals surface area (Å²) < 4.78 is 0. The molecular formula is C12H20N4O3. The normalized spacial score (nSPS) is 26.2. The molecule has 0 radical (unpaired) electrons. The Labute approximate surface area is 112 Å². The van der Waals surface area contributed by atoms with E-state index in [4.69, 9.17) is 0 Å². The van der Waals surface area contributed by atoms with Crippen LogP contribution >= 0.6 is 0 Å². The summed E-state index contributed by atoms with van der Waals surface area (Å²) in [6, 6.07) is -0.429. The first-order chi connectivity index (χ1) is 8.90.